The van der Waals surface area contributed by atoms with Gasteiger partial charge in [0.15, 0.2) is 0 Å². The maximum absolute atomic E-state index is 15.2. The van der Waals surface area contributed by atoms with Crippen molar-refractivity contribution in [2.45, 2.75) is 84.5 Å². The second-order valence-corrected chi connectivity index (χ2v) is 17.5. The largest absolute Gasteiger partial charge is 0.354 e. The van der Waals surface area contributed by atoms with Crippen LogP contribution in [-0.4, -0.2) is 101 Å². The summed E-state index contributed by atoms with van der Waals surface area (Å²) in [5.74, 6) is -2.05. The summed E-state index contributed by atoms with van der Waals surface area (Å²) >= 11 is 1.31. The third kappa shape index (κ3) is 13.2. The number of imide groups is 1. The van der Waals surface area contributed by atoms with Crippen LogP contribution in [0.15, 0.2) is 60.8 Å². The van der Waals surface area contributed by atoms with E-state index in [1.54, 1.807) is 17.2 Å². The summed E-state index contributed by atoms with van der Waals surface area (Å²) < 4.78 is 46.8. The molecule has 5 amide bonds. The Labute approximate surface area is 349 Å². The number of amides is 5. The van der Waals surface area contributed by atoms with Gasteiger partial charge in [-0.25, -0.2) is 13.2 Å². The summed E-state index contributed by atoms with van der Waals surface area (Å²) in [7, 11) is 0. The standard InChI is InChI=1S/C44H57F3N6O5S/c1-44(2,3)43(37-22-31(34-23-33(45)13-14-35(34)46)27-51(37)26-30-10-6-4-7-11-30)53(28-32-24-48-25-36(32)47)42(58)29-59-21-17-39(55)50-19-18-49-38(54)12-8-5-9-20-52-40(56)15-16-41(52)57/h4,6-7,10-11,13-14,22-23,27,32,36,43,48H,5,8-9,12,15-21,24-26,28-29H2,1-3H3,(H,49,54)(H,50,55)/t32-,36-,43?/m0/s1. The smallest absolute Gasteiger partial charge is 0.233 e. The highest BCUT2D eigenvalue weighted by molar-refractivity contribution is 7.99. The molecule has 1 aromatic heterocycles. The van der Waals surface area contributed by atoms with Crippen molar-refractivity contribution in [1.29, 1.82) is 0 Å². The van der Waals surface area contributed by atoms with E-state index >= 15 is 8.78 Å². The second kappa shape index (κ2) is 21.6. The Morgan fingerprint density at radius 1 is 0.915 bits per heavy atom. The molecule has 11 nitrogen and oxygen atoms in total. The molecule has 0 radical (unpaired) electrons. The lowest BCUT2D eigenvalue weighted by atomic mass is 9.82. The molecule has 0 saturated carbocycles. The zero-order valence-electron chi connectivity index (χ0n) is 34.2. The van der Waals surface area contributed by atoms with Gasteiger partial charge in [0, 0.05) is 106 Å². The van der Waals surface area contributed by atoms with Crippen LogP contribution in [0.5, 0.6) is 0 Å². The molecule has 2 aliphatic rings. The van der Waals surface area contributed by atoms with Crippen LogP contribution in [0.2, 0.25) is 0 Å². The van der Waals surface area contributed by atoms with Crippen LogP contribution in [0, 0.1) is 23.0 Å². The van der Waals surface area contributed by atoms with Gasteiger partial charge >= 0.3 is 0 Å². The molecule has 2 aromatic carbocycles. The molecule has 5 rings (SSSR count). The Balaban J connectivity index is 1.18. The van der Waals surface area contributed by atoms with Crippen molar-refractivity contribution in [3.63, 3.8) is 0 Å². The molecular formula is C44H57F3N6O5S. The van der Waals surface area contributed by atoms with Crippen molar-refractivity contribution >= 4 is 41.3 Å². The number of rotatable bonds is 21. The second-order valence-electron chi connectivity index (χ2n) is 16.4. The molecule has 2 aliphatic heterocycles. The van der Waals surface area contributed by atoms with Crippen molar-refractivity contribution in [1.82, 2.24) is 30.3 Å². The van der Waals surface area contributed by atoms with Crippen LogP contribution in [0.25, 0.3) is 11.1 Å². The minimum Gasteiger partial charge on any atom is -0.354 e. The summed E-state index contributed by atoms with van der Waals surface area (Å²) in [5.41, 5.74) is 1.67. The van der Waals surface area contributed by atoms with Gasteiger partial charge < -0.3 is 25.4 Å². The molecule has 3 aromatic rings. The number of alkyl halides is 1. The predicted octanol–water partition coefficient (Wildman–Crippen LogP) is 6.02. The van der Waals surface area contributed by atoms with Gasteiger partial charge in [-0.15, -0.1) is 0 Å². The monoisotopic (exact) mass is 838 g/mol. The van der Waals surface area contributed by atoms with Crippen LogP contribution in [-0.2, 0) is 30.5 Å². The zero-order valence-corrected chi connectivity index (χ0v) is 35.1. The summed E-state index contributed by atoms with van der Waals surface area (Å²) in [6, 6.07) is 14.3. The lowest BCUT2D eigenvalue weighted by molar-refractivity contribution is -0.138. The molecule has 0 spiro atoms. The van der Waals surface area contributed by atoms with Crippen molar-refractivity contribution < 1.29 is 37.1 Å². The maximum Gasteiger partial charge on any atom is 0.233 e. The first-order chi connectivity index (χ1) is 28.2. The average molecular weight is 839 g/mol. The SMILES string of the molecule is CC(C)(C)C(c1cc(-c2cc(F)ccc2F)cn1Cc1ccccc1)N(C[C@@H]1CNC[C@@H]1F)C(=O)CSCCC(=O)NCCNC(=O)CCCCCN1C(=O)CCC1=O. The lowest BCUT2D eigenvalue weighted by Gasteiger charge is -2.42. The molecule has 3 heterocycles. The van der Waals surface area contributed by atoms with Gasteiger partial charge in [-0.3, -0.25) is 28.9 Å². The third-order valence-electron chi connectivity index (χ3n) is 10.7. The minimum absolute atomic E-state index is 0.0441. The number of unbranched alkanes of at least 4 members (excludes halogenated alkanes) is 2. The molecule has 3 N–H and O–H groups in total. The Bertz CT molecular complexity index is 1910. The van der Waals surface area contributed by atoms with Gasteiger partial charge in [0.25, 0.3) is 0 Å². The fourth-order valence-corrected chi connectivity index (χ4v) is 8.50. The van der Waals surface area contributed by atoms with E-state index in [4.69, 9.17) is 0 Å². The van der Waals surface area contributed by atoms with Crippen molar-refractivity contribution in [2.75, 3.05) is 50.8 Å². The Morgan fingerprint density at radius 3 is 2.27 bits per heavy atom. The Hall–Kier alpha value is -4.63. The molecule has 15 heteroatoms. The number of carbonyl (C=O) groups is 5. The number of aromatic nitrogens is 1. The van der Waals surface area contributed by atoms with E-state index in [9.17, 15) is 28.4 Å². The fraction of sp³-hybridized carbons (Fsp3) is 0.523. The van der Waals surface area contributed by atoms with Crippen LogP contribution < -0.4 is 16.0 Å². The Kier molecular flexibility index (Phi) is 16.6. The summed E-state index contributed by atoms with van der Waals surface area (Å²) in [4.78, 5) is 65.6. The molecule has 2 fully saturated rings. The first kappa shape index (κ1) is 45.5. The number of likely N-dealkylation sites (tertiary alicyclic amines) is 1. The fourth-order valence-electron chi connectivity index (χ4n) is 7.69. The van der Waals surface area contributed by atoms with E-state index in [1.165, 1.54) is 16.7 Å². The number of hydrogen-bond acceptors (Lipinski definition) is 7. The molecule has 0 bridgehead atoms. The summed E-state index contributed by atoms with van der Waals surface area (Å²) in [6.07, 6.45) is 3.63. The van der Waals surface area contributed by atoms with E-state index in [2.05, 4.69) is 16.0 Å². The number of thioether (sulfide) groups is 1. The van der Waals surface area contributed by atoms with Gasteiger partial charge in [0.2, 0.25) is 29.5 Å². The first-order valence-corrected chi connectivity index (χ1v) is 21.6. The van der Waals surface area contributed by atoms with E-state index in [0.29, 0.717) is 62.3 Å². The number of nitrogens with zero attached hydrogens (tertiary/aromatic N) is 3. The maximum atomic E-state index is 15.2. The predicted molar refractivity (Wildman–Crippen MR) is 223 cm³/mol. The topological polar surface area (TPSA) is 133 Å². The number of carbonyl (C=O) groups excluding carboxylic acids is 5. The quantitative estimate of drug-likeness (QED) is 0.0884. The van der Waals surface area contributed by atoms with Crippen LogP contribution in [0.1, 0.15) is 83.0 Å². The Morgan fingerprint density at radius 2 is 1.61 bits per heavy atom. The van der Waals surface area contributed by atoms with Crippen LogP contribution in [0.4, 0.5) is 13.2 Å². The van der Waals surface area contributed by atoms with Crippen molar-refractivity contribution in [3.05, 3.63) is 83.7 Å². The highest BCUT2D eigenvalue weighted by Crippen LogP contribution is 2.42. The van der Waals surface area contributed by atoms with Gasteiger partial charge in [-0.2, -0.15) is 11.8 Å². The van der Waals surface area contributed by atoms with Gasteiger partial charge in [-0.1, -0.05) is 57.5 Å². The summed E-state index contributed by atoms with van der Waals surface area (Å²) in [5, 5.41) is 8.67. The zero-order chi connectivity index (χ0) is 42.5. The minimum atomic E-state index is -1.15. The normalized spacial score (nSPS) is 17.4. The van der Waals surface area contributed by atoms with Crippen LogP contribution >= 0.6 is 11.8 Å². The summed E-state index contributed by atoms with van der Waals surface area (Å²) in [6.45, 7) is 8.06. The van der Waals surface area contributed by atoms with E-state index in [-0.39, 0.29) is 86.3 Å². The molecule has 3 atom stereocenters. The average Bonchev–Trinajstić information content (AvgIpc) is 3.89. The third-order valence-corrected chi connectivity index (χ3v) is 11.6. The van der Waals surface area contributed by atoms with Crippen LogP contribution in [0.3, 0.4) is 0 Å². The van der Waals surface area contributed by atoms with Gasteiger partial charge in [-0.05, 0) is 48.1 Å². The highest BCUT2D eigenvalue weighted by Gasteiger charge is 2.40. The number of nitrogens with one attached hydrogen (secondary N) is 3. The van der Waals surface area contributed by atoms with Gasteiger partial charge in [0.1, 0.15) is 17.8 Å². The first-order valence-electron chi connectivity index (χ1n) is 20.5. The molecule has 0 aliphatic carbocycles. The molecule has 320 valence electrons. The highest BCUT2D eigenvalue weighted by atomic mass is 32.2. The van der Waals surface area contributed by atoms with E-state index in [0.717, 1.165) is 23.8 Å². The number of halogens is 3. The van der Waals surface area contributed by atoms with E-state index in [1.807, 2.05) is 55.7 Å². The van der Waals surface area contributed by atoms with Gasteiger partial charge in [0.05, 0.1) is 11.8 Å². The van der Waals surface area contributed by atoms with E-state index < -0.39 is 35.2 Å². The van der Waals surface area contributed by atoms with Crippen molar-refractivity contribution in [2.24, 2.45) is 11.3 Å². The molecule has 1 unspecified atom stereocenters. The van der Waals surface area contributed by atoms with Crippen molar-refractivity contribution in [3.8, 4) is 11.1 Å². The molecule has 2 saturated heterocycles. The molecular weight excluding hydrogens is 782 g/mol. The number of benzene rings is 2. The number of hydrogen-bond donors (Lipinski definition) is 3. The lowest BCUT2D eigenvalue weighted by Crippen LogP contribution is -2.46. The molecule has 59 heavy (non-hydrogen) atoms.